The van der Waals surface area contributed by atoms with Gasteiger partial charge in [-0.3, -0.25) is 4.79 Å². The summed E-state index contributed by atoms with van der Waals surface area (Å²) in [4.78, 5) is 11.8. The number of aliphatic hydroxyl groups is 1. The van der Waals surface area contributed by atoms with E-state index in [1.54, 1.807) is 29.5 Å². The van der Waals surface area contributed by atoms with Gasteiger partial charge in [-0.05, 0) is 40.9 Å². The Morgan fingerprint density at radius 1 is 1.29 bits per heavy atom. The molecule has 1 amide bonds. The van der Waals surface area contributed by atoms with E-state index < -0.39 is 6.10 Å². The summed E-state index contributed by atoms with van der Waals surface area (Å²) in [6.07, 6.45) is 0.161. The van der Waals surface area contributed by atoms with Crippen LogP contribution >= 0.6 is 34.5 Å². The van der Waals surface area contributed by atoms with E-state index in [2.05, 4.69) is 5.32 Å². The SMILES string of the molecule is O=C(CCc1ccsc1)NCC(O)c1c(Cl)cccc1Cl. The van der Waals surface area contributed by atoms with Gasteiger partial charge >= 0.3 is 0 Å². The Labute approximate surface area is 137 Å². The van der Waals surface area contributed by atoms with Gasteiger partial charge in [-0.15, -0.1) is 0 Å². The number of carbonyl (C=O) groups excluding carboxylic acids is 1. The summed E-state index contributed by atoms with van der Waals surface area (Å²) >= 11 is 13.6. The molecule has 0 fully saturated rings. The summed E-state index contributed by atoms with van der Waals surface area (Å²) in [5.41, 5.74) is 1.59. The molecule has 2 aromatic rings. The molecule has 0 spiro atoms. The van der Waals surface area contributed by atoms with Gasteiger partial charge in [0, 0.05) is 28.6 Å². The van der Waals surface area contributed by atoms with Gasteiger partial charge < -0.3 is 10.4 Å². The Morgan fingerprint density at radius 3 is 2.62 bits per heavy atom. The second kappa shape index (κ2) is 7.80. The zero-order valence-corrected chi connectivity index (χ0v) is 13.5. The molecule has 2 N–H and O–H groups in total. The topological polar surface area (TPSA) is 49.3 Å². The molecule has 21 heavy (non-hydrogen) atoms. The van der Waals surface area contributed by atoms with E-state index >= 15 is 0 Å². The molecule has 0 saturated carbocycles. The molecular formula is C15H15Cl2NO2S. The van der Waals surface area contributed by atoms with Crippen LogP contribution in [0.15, 0.2) is 35.0 Å². The van der Waals surface area contributed by atoms with Crippen molar-refractivity contribution in [2.75, 3.05) is 6.54 Å². The Hall–Kier alpha value is -1.07. The number of aryl methyl sites for hydroxylation is 1. The smallest absolute Gasteiger partial charge is 0.220 e. The number of nitrogens with one attached hydrogen (secondary N) is 1. The summed E-state index contributed by atoms with van der Waals surface area (Å²) in [6, 6.07) is 7.02. The van der Waals surface area contributed by atoms with Crippen LogP contribution < -0.4 is 5.32 Å². The number of hydrogen-bond acceptors (Lipinski definition) is 3. The lowest BCUT2D eigenvalue weighted by atomic mass is 10.1. The van der Waals surface area contributed by atoms with E-state index in [-0.39, 0.29) is 12.5 Å². The predicted octanol–water partition coefficient (Wildman–Crippen LogP) is 3.84. The van der Waals surface area contributed by atoms with Gasteiger partial charge in [0.2, 0.25) is 5.91 Å². The van der Waals surface area contributed by atoms with E-state index in [0.29, 0.717) is 28.5 Å². The van der Waals surface area contributed by atoms with Gasteiger partial charge in [-0.2, -0.15) is 11.3 Å². The molecule has 6 heteroatoms. The summed E-state index contributed by atoms with van der Waals surface area (Å²) < 4.78 is 0. The lowest BCUT2D eigenvalue weighted by Crippen LogP contribution is -2.28. The quantitative estimate of drug-likeness (QED) is 0.837. The molecule has 0 radical (unpaired) electrons. The number of hydrogen-bond donors (Lipinski definition) is 2. The minimum Gasteiger partial charge on any atom is -0.386 e. The van der Waals surface area contributed by atoms with Crippen LogP contribution in [0.1, 0.15) is 23.7 Å². The molecule has 1 aromatic carbocycles. The number of amides is 1. The molecule has 0 aliphatic rings. The lowest BCUT2D eigenvalue weighted by Gasteiger charge is -2.15. The van der Waals surface area contributed by atoms with Crippen LogP contribution in [0.2, 0.25) is 10.0 Å². The lowest BCUT2D eigenvalue weighted by molar-refractivity contribution is -0.121. The Kier molecular flexibility index (Phi) is 6.06. The number of aliphatic hydroxyl groups excluding tert-OH is 1. The van der Waals surface area contributed by atoms with Gasteiger partial charge in [0.05, 0.1) is 6.10 Å². The Balaban J connectivity index is 1.83. The van der Waals surface area contributed by atoms with Gasteiger partial charge in [-0.25, -0.2) is 0 Å². The van der Waals surface area contributed by atoms with Crippen molar-refractivity contribution in [2.24, 2.45) is 0 Å². The molecule has 1 heterocycles. The molecule has 0 bridgehead atoms. The maximum Gasteiger partial charge on any atom is 0.220 e. The molecule has 0 aliphatic heterocycles. The third kappa shape index (κ3) is 4.71. The van der Waals surface area contributed by atoms with Crippen molar-refractivity contribution in [3.63, 3.8) is 0 Å². The fraction of sp³-hybridized carbons (Fsp3) is 0.267. The maximum absolute atomic E-state index is 11.8. The first-order valence-corrected chi connectivity index (χ1v) is 8.17. The number of carbonyl (C=O) groups is 1. The van der Waals surface area contributed by atoms with E-state index in [0.717, 1.165) is 5.56 Å². The molecule has 1 atom stereocenters. The molecule has 1 unspecified atom stereocenters. The number of rotatable bonds is 6. The molecule has 3 nitrogen and oxygen atoms in total. The van der Waals surface area contributed by atoms with Gasteiger partial charge in [-0.1, -0.05) is 29.3 Å². The van der Waals surface area contributed by atoms with E-state index in [9.17, 15) is 9.90 Å². The Morgan fingerprint density at radius 2 is 2.00 bits per heavy atom. The second-order valence-corrected chi connectivity index (χ2v) is 6.18. The highest BCUT2D eigenvalue weighted by Crippen LogP contribution is 2.29. The predicted molar refractivity (Wildman–Crippen MR) is 87.1 cm³/mol. The summed E-state index contributed by atoms with van der Waals surface area (Å²) in [6.45, 7) is 0.0892. The van der Waals surface area contributed by atoms with E-state index in [1.165, 1.54) is 0 Å². The monoisotopic (exact) mass is 343 g/mol. The Bertz CT molecular complexity index is 581. The van der Waals surface area contributed by atoms with Crippen molar-refractivity contribution in [1.82, 2.24) is 5.32 Å². The summed E-state index contributed by atoms with van der Waals surface area (Å²) in [5.74, 6) is -0.108. The van der Waals surface area contributed by atoms with Crippen molar-refractivity contribution < 1.29 is 9.90 Å². The third-order valence-corrected chi connectivity index (χ3v) is 4.44. The van der Waals surface area contributed by atoms with Gasteiger partial charge in [0.15, 0.2) is 0 Å². The highest BCUT2D eigenvalue weighted by atomic mass is 35.5. The second-order valence-electron chi connectivity index (χ2n) is 4.59. The average molecular weight is 344 g/mol. The summed E-state index contributed by atoms with van der Waals surface area (Å²) in [5, 5.41) is 17.6. The number of benzene rings is 1. The molecule has 112 valence electrons. The van der Waals surface area contributed by atoms with Crippen molar-refractivity contribution in [2.45, 2.75) is 18.9 Å². The zero-order valence-electron chi connectivity index (χ0n) is 11.2. The molecule has 2 rings (SSSR count). The van der Waals surface area contributed by atoms with Gasteiger partial charge in [0.1, 0.15) is 0 Å². The molecule has 1 aromatic heterocycles. The first-order valence-electron chi connectivity index (χ1n) is 6.47. The normalized spacial score (nSPS) is 12.1. The van der Waals surface area contributed by atoms with Crippen molar-refractivity contribution >= 4 is 40.4 Å². The fourth-order valence-electron chi connectivity index (χ4n) is 1.92. The van der Waals surface area contributed by atoms with Crippen LogP contribution in [0.3, 0.4) is 0 Å². The first kappa shape index (κ1) is 16.3. The molecule has 0 saturated heterocycles. The van der Waals surface area contributed by atoms with Crippen LogP contribution in [-0.2, 0) is 11.2 Å². The van der Waals surface area contributed by atoms with Crippen LogP contribution in [0.25, 0.3) is 0 Å². The largest absolute Gasteiger partial charge is 0.386 e. The fourth-order valence-corrected chi connectivity index (χ4v) is 3.28. The third-order valence-electron chi connectivity index (χ3n) is 3.05. The summed E-state index contributed by atoms with van der Waals surface area (Å²) in [7, 11) is 0. The van der Waals surface area contributed by atoms with Crippen LogP contribution in [-0.4, -0.2) is 17.6 Å². The van der Waals surface area contributed by atoms with Crippen LogP contribution in [0.5, 0.6) is 0 Å². The minimum atomic E-state index is -0.920. The van der Waals surface area contributed by atoms with Crippen LogP contribution in [0.4, 0.5) is 0 Å². The standard InChI is InChI=1S/C15H15Cl2NO2S/c16-11-2-1-3-12(17)15(11)13(19)8-18-14(20)5-4-10-6-7-21-9-10/h1-3,6-7,9,13,19H,4-5,8H2,(H,18,20). The van der Waals surface area contributed by atoms with Crippen molar-refractivity contribution in [3.05, 3.63) is 56.2 Å². The highest BCUT2D eigenvalue weighted by molar-refractivity contribution is 7.07. The van der Waals surface area contributed by atoms with Crippen LogP contribution in [0, 0.1) is 0 Å². The number of thiophene rings is 1. The highest BCUT2D eigenvalue weighted by Gasteiger charge is 2.16. The van der Waals surface area contributed by atoms with Gasteiger partial charge in [0.25, 0.3) is 0 Å². The maximum atomic E-state index is 11.8. The van der Waals surface area contributed by atoms with E-state index in [4.69, 9.17) is 23.2 Å². The number of halogens is 2. The average Bonchev–Trinajstić information content (AvgIpc) is 2.96. The molecule has 0 aliphatic carbocycles. The van der Waals surface area contributed by atoms with Crippen molar-refractivity contribution in [3.8, 4) is 0 Å². The first-order chi connectivity index (χ1) is 10.1. The minimum absolute atomic E-state index is 0.0892. The zero-order chi connectivity index (χ0) is 15.2. The van der Waals surface area contributed by atoms with Crippen molar-refractivity contribution in [1.29, 1.82) is 0 Å². The molecular weight excluding hydrogens is 329 g/mol. The van der Waals surface area contributed by atoms with E-state index in [1.807, 2.05) is 16.8 Å².